The van der Waals surface area contributed by atoms with Gasteiger partial charge in [0, 0.05) is 6.42 Å². The van der Waals surface area contributed by atoms with Gasteiger partial charge in [-0.2, -0.15) is 13.2 Å². The zero-order chi connectivity index (χ0) is 18.8. The van der Waals surface area contributed by atoms with Crippen LogP contribution in [0, 0.1) is 0 Å². The van der Waals surface area contributed by atoms with E-state index < -0.39 is 49.3 Å². The number of carboxylic acid groups (broad SMARTS) is 1. The van der Waals surface area contributed by atoms with Gasteiger partial charge in [-0.05, 0) is 12.1 Å². The number of imidazole rings is 1. The molecule has 2 N–H and O–H groups in total. The summed E-state index contributed by atoms with van der Waals surface area (Å²) in [5.41, 5.74) is -0.00398. The molecular formula is C14H12F5N3O3. The van der Waals surface area contributed by atoms with E-state index in [0.29, 0.717) is 4.57 Å². The summed E-state index contributed by atoms with van der Waals surface area (Å²) in [5.74, 6) is -4.20. The van der Waals surface area contributed by atoms with Crippen molar-refractivity contribution in [3.63, 3.8) is 0 Å². The molecule has 0 bridgehead atoms. The molecule has 1 unspecified atom stereocenters. The number of hydrogen-bond acceptors (Lipinski definition) is 3. The molecule has 0 saturated carbocycles. The minimum atomic E-state index is -4.85. The molecule has 0 aliphatic heterocycles. The van der Waals surface area contributed by atoms with Gasteiger partial charge in [0.1, 0.15) is 12.6 Å². The molecule has 0 spiro atoms. The van der Waals surface area contributed by atoms with E-state index in [1.165, 1.54) is 24.3 Å². The summed E-state index contributed by atoms with van der Waals surface area (Å²) in [6, 6.07) is 3.61. The van der Waals surface area contributed by atoms with Gasteiger partial charge in [-0.1, -0.05) is 12.1 Å². The first-order valence-corrected chi connectivity index (χ1v) is 6.92. The molecule has 1 aromatic heterocycles. The predicted octanol–water partition coefficient (Wildman–Crippen LogP) is 2.28. The highest BCUT2D eigenvalue weighted by molar-refractivity contribution is 5.85. The quantitative estimate of drug-likeness (QED) is 0.770. The van der Waals surface area contributed by atoms with Crippen LogP contribution in [-0.2, 0) is 22.3 Å². The number of aromatic nitrogens is 2. The first-order chi connectivity index (χ1) is 11.6. The number of hydrogen-bond donors (Lipinski definition) is 2. The summed E-state index contributed by atoms with van der Waals surface area (Å²) in [5, 5.41) is 10.6. The molecule has 0 aliphatic rings. The van der Waals surface area contributed by atoms with E-state index in [1.807, 2.05) is 0 Å². The molecule has 1 atom stereocenters. The standard InChI is InChI=1S/C14H12F5N3O3/c15-10(16)5-8(12(24)25)20-11(23)6-22-9-4-2-1-3-7(9)21-13(22)14(17,18)19/h1-4,8,10H,5-6H2,(H,20,23)(H,24,25). The number of carboxylic acids is 1. The monoisotopic (exact) mass is 365 g/mol. The molecule has 0 fully saturated rings. The Morgan fingerprint density at radius 1 is 1.24 bits per heavy atom. The molecule has 1 amide bonds. The molecule has 2 rings (SSSR count). The second-order valence-electron chi connectivity index (χ2n) is 5.09. The first-order valence-electron chi connectivity index (χ1n) is 6.92. The Kier molecular flexibility index (Phi) is 5.24. The van der Waals surface area contributed by atoms with Gasteiger partial charge in [0.25, 0.3) is 0 Å². The Hall–Kier alpha value is -2.72. The Morgan fingerprint density at radius 2 is 1.88 bits per heavy atom. The molecule has 11 heteroatoms. The summed E-state index contributed by atoms with van der Waals surface area (Å²) in [6.07, 6.45) is -9.01. The lowest BCUT2D eigenvalue weighted by Crippen LogP contribution is -2.43. The topological polar surface area (TPSA) is 84.2 Å². The van der Waals surface area contributed by atoms with Crippen molar-refractivity contribution in [2.45, 2.75) is 31.6 Å². The fourth-order valence-electron chi connectivity index (χ4n) is 2.24. The highest BCUT2D eigenvalue weighted by atomic mass is 19.4. The largest absolute Gasteiger partial charge is 0.480 e. The maximum Gasteiger partial charge on any atom is 0.449 e. The Labute approximate surface area is 137 Å². The van der Waals surface area contributed by atoms with Crippen molar-refractivity contribution in [1.82, 2.24) is 14.9 Å². The van der Waals surface area contributed by atoms with E-state index in [1.54, 1.807) is 5.32 Å². The fourth-order valence-corrected chi connectivity index (χ4v) is 2.24. The average molecular weight is 365 g/mol. The van der Waals surface area contributed by atoms with Crippen molar-refractivity contribution in [3.05, 3.63) is 30.1 Å². The van der Waals surface area contributed by atoms with Crippen molar-refractivity contribution in [3.8, 4) is 0 Å². The number of carbonyl (C=O) groups is 2. The predicted molar refractivity (Wildman–Crippen MR) is 74.9 cm³/mol. The third kappa shape index (κ3) is 4.43. The van der Waals surface area contributed by atoms with Gasteiger partial charge in [0.05, 0.1) is 11.0 Å². The molecule has 0 aliphatic carbocycles. The second-order valence-corrected chi connectivity index (χ2v) is 5.09. The zero-order valence-electron chi connectivity index (χ0n) is 12.4. The Bertz CT molecular complexity index is 788. The lowest BCUT2D eigenvalue weighted by Gasteiger charge is -2.16. The van der Waals surface area contributed by atoms with Gasteiger partial charge in [-0.25, -0.2) is 18.6 Å². The van der Waals surface area contributed by atoms with E-state index in [4.69, 9.17) is 5.11 Å². The highest BCUT2D eigenvalue weighted by Gasteiger charge is 2.38. The number of benzene rings is 1. The molecule has 25 heavy (non-hydrogen) atoms. The molecular weight excluding hydrogens is 353 g/mol. The molecule has 136 valence electrons. The first kappa shape index (κ1) is 18.6. The SMILES string of the molecule is O=C(Cn1c(C(F)(F)F)nc2ccccc21)NC(CC(F)F)C(=O)O. The Balaban J connectivity index is 2.29. The summed E-state index contributed by atoms with van der Waals surface area (Å²) >= 11 is 0. The molecule has 1 aromatic carbocycles. The van der Waals surface area contributed by atoms with Crippen LogP contribution in [0.4, 0.5) is 22.0 Å². The number of alkyl halides is 5. The minimum Gasteiger partial charge on any atom is -0.480 e. The number of carbonyl (C=O) groups excluding carboxylic acids is 1. The van der Waals surface area contributed by atoms with Crippen LogP contribution in [-0.4, -0.2) is 39.0 Å². The molecule has 6 nitrogen and oxygen atoms in total. The van der Waals surface area contributed by atoms with Gasteiger partial charge in [0.15, 0.2) is 0 Å². The van der Waals surface area contributed by atoms with Crippen LogP contribution in [0.25, 0.3) is 11.0 Å². The van der Waals surface area contributed by atoms with E-state index >= 15 is 0 Å². The van der Waals surface area contributed by atoms with Gasteiger partial charge in [0.2, 0.25) is 18.2 Å². The number of nitrogens with one attached hydrogen (secondary N) is 1. The Morgan fingerprint density at radius 3 is 2.44 bits per heavy atom. The molecule has 2 aromatic rings. The van der Waals surface area contributed by atoms with Crippen molar-refractivity contribution >= 4 is 22.9 Å². The molecule has 0 radical (unpaired) electrons. The van der Waals surface area contributed by atoms with Crippen LogP contribution in [0.15, 0.2) is 24.3 Å². The van der Waals surface area contributed by atoms with Crippen molar-refractivity contribution in [2.24, 2.45) is 0 Å². The number of nitrogens with zero attached hydrogens (tertiary/aromatic N) is 2. The number of fused-ring (bicyclic) bond motifs is 1. The number of halogens is 5. The number of aliphatic carboxylic acids is 1. The third-order valence-electron chi connectivity index (χ3n) is 3.26. The van der Waals surface area contributed by atoms with Crippen LogP contribution in [0.2, 0.25) is 0 Å². The van der Waals surface area contributed by atoms with E-state index in [-0.39, 0.29) is 11.0 Å². The third-order valence-corrected chi connectivity index (χ3v) is 3.26. The summed E-state index contributed by atoms with van der Waals surface area (Å²) < 4.78 is 64.5. The van der Waals surface area contributed by atoms with Crippen molar-refractivity contribution < 1.29 is 36.6 Å². The smallest absolute Gasteiger partial charge is 0.449 e. The second kappa shape index (κ2) is 7.03. The van der Waals surface area contributed by atoms with Crippen LogP contribution in [0.1, 0.15) is 12.2 Å². The van der Waals surface area contributed by atoms with Crippen LogP contribution in [0.3, 0.4) is 0 Å². The van der Waals surface area contributed by atoms with Gasteiger partial charge >= 0.3 is 12.1 Å². The fraction of sp³-hybridized carbons (Fsp3) is 0.357. The highest BCUT2D eigenvalue weighted by Crippen LogP contribution is 2.31. The lowest BCUT2D eigenvalue weighted by atomic mass is 10.2. The molecule has 0 saturated heterocycles. The van der Waals surface area contributed by atoms with Gasteiger partial charge in [-0.15, -0.1) is 0 Å². The number of rotatable bonds is 6. The average Bonchev–Trinajstić information content (AvgIpc) is 2.85. The van der Waals surface area contributed by atoms with E-state index in [2.05, 4.69) is 4.98 Å². The van der Waals surface area contributed by atoms with E-state index in [9.17, 15) is 31.5 Å². The lowest BCUT2D eigenvalue weighted by molar-refractivity contribution is -0.148. The zero-order valence-corrected chi connectivity index (χ0v) is 12.4. The number of para-hydroxylation sites is 2. The normalized spacial score (nSPS) is 13.2. The van der Waals surface area contributed by atoms with Gasteiger partial charge < -0.3 is 15.0 Å². The minimum absolute atomic E-state index is 0.00529. The summed E-state index contributed by atoms with van der Waals surface area (Å²) in [4.78, 5) is 26.2. The van der Waals surface area contributed by atoms with Crippen LogP contribution in [0.5, 0.6) is 0 Å². The van der Waals surface area contributed by atoms with Crippen molar-refractivity contribution in [1.29, 1.82) is 0 Å². The summed E-state index contributed by atoms with van der Waals surface area (Å²) in [7, 11) is 0. The van der Waals surface area contributed by atoms with Crippen LogP contribution >= 0.6 is 0 Å². The van der Waals surface area contributed by atoms with Crippen LogP contribution < -0.4 is 5.32 Å². The number of amides is 1. The molecule has 1 heterocycles. The van der Waals surface area contributed by atoms with Crippen molar-refractivity contribution in [2.75, 3.05) is 0 Å². The van der Waals surface area contributed by atoms with E-state index in [0.717, 1.165) is 0 Å². The van der Waals surface area contributed by atoms with Gasteiger partial charge in [-0.3, -0.25) is 4.79 Å². The maximum absolute atomic E-state index is 13.1. The maximum atomic E-state index is 13.1. The summed E-state index contributed by atoms with van der Waals surface area (Å²) in [6.45, 7) is -0.914.